The van der Waals surface area contributed by atoms with Crippen molar-refractivity contribution in [1.82, 2.24) is 10.2 Å². The highest BCUT2D eigenvalue weighted by molar-refractivity contribution is 7.10. The van der Waals surface area contributed by atoms with Crippen LogP contribution in [0.4, 0.5) is 0 Å². The summed E-state index contributed by atoms with van der Waals surface area (Å²) in [5.74, 6) is 0. The molecule has 0 aliphatic carbocycles. The second-order valence-electron chi connectivity index (χ2n) is 6.02. The number of thiophene rings is 1. The SMILES string of the molecule is CCCC(NC1CCN2CCCCC12)c1cccs1. The van der Waals surface area contributed by atoms with E-state index in [2.05, 4.69) is 34.7 Å². The van der Waals surface area contributed by atoms with Gasteiger partial charge in [-0.15, -0.1) is 11.3 Å². The van der Waals surface area contributed by atoms with E-state index in [1.165, 1.54) is 56.5 Å². The zero-order valence-corrected chi connectivity index (χ0v) is 12.8. The summed E-state index contributed by atoms with van der Waals surface area (Å²) in [4.78, 5) is 4.25. The topological polar surface area (TPSA) is 15.3 Å². The summed E-state index contributed by atoms with van der Waals surface area (Å²) in [6.07, 6.45) is 8.11. The summed E-state index contributed by atoms with van der Waals surface area (Å²) in [6, 6.07) is 6.60. The molecule has 3 atom stereocenters. The summed E-state index contributed by atoms with van der Waals surface area (Å²) in [5.41, 5.74) is 0. The average molecular weight is 278 g/mol. The molecule has 3 rings (SSSR count). The van der Waals surface area contributed by atoms with E-state index in [-0.39, 0.29) is 0 Å². The van der Waals surface area contributed by atoms with Gasteiger partial charge in [-0.3, -0.25) is 4.90 Å². The smallest absolute Gasteiger partial charge is 0.0417 e. The Morgan fingerprint density at radius 2 is 2.32 bits per heavy atom. The third kappa shape index (κ3) is 3.04. The van der Waals surface area contributed by atoms with Crippen molar-refractivity contribution in [3.63, 3.8) is 0 Å². The number of hydrogen-bond acceptors (Lipinski definition) is 3. The Hall–Kier alpha value is -0.380. The maximum atomic E-state index is 3.99. The largest absolute Gasteiger partial charge is 0.305 e. The van der Waals surface area contributed by atoms with Crippen LogP contribution < -0.4 is 5.32 Å². The minimum atomic E-state index is 0.580. The second kappa shape index (κ2) is 6.38. The molecule has 2 saturated heterocycles. The molecule has 0 aromatic carbocycles. The molecular weight excluding hydrogens is 252 g/mol. The van der Waals surface area contributed by atoms with Crippen molar-refractivity contribution < 1.29 is 0 Å². The number of nitrogens with zero attached hydrogens (tertiary/aromatic N) is 1. The van der Waals surface area contributed by atoms with E-state index in [0.29, 0.717) is 6.04 Å². The lowest BCUT2D eigenvalue weighted by Gasteiger charge is -2.34. The first-order valence-electron chi connectivity index (χ1n) is 7.92. The Morgan fingerprint density at radius 1 is 1.37 bits per heavy atom. The molecule has 0 saturated carbocycles. The number of nitrogens with one attached hydrogen (secondary N) is 1. The first-order valence-corrected chi connectivity index (χ1v) is 8.80. The van der Waals surface area contributed by atoms with Crippen LogP contribution in [0.2, 0.25) is 0 Å². The Labute approximate surface area is 121 Å². The molecule has 1 aromatic rings. The molecule has 2 aliphatic rings. The maximum absolute atomic E-state index is 3.99. The van der Waals surface area contributed by atoms with E-state index in [1.54, 1.807) is 0 Å². The van der Waals surface area contributed by atoms with Gasteiger partial charge in [0.25, 0.3) is 0 Å². The molecule has 0 bridgehead atoms. The normalized spacial score (nSPS) is 29.3. The minimum absolute atomic E-state index is 0.580. The molecule has 0 spiro atoms. The fourth-order valence-electron chi connectivity index (χ4n) is 3.79. The van der Waals surface area contributed by atoms with Crippen LogP contribution in [0, 0.1) is 0 Å². The monoisotopic (exact) mass is 278 g/mol. The molecule has 19 heavy (non-hydrogen) atoms. The van der Waals surface area contributed by atoms with Crippen molar-refractivity contribution in [2.24, 2.45) is 0 Å². The molecule has 3 unspecified atom stereocenters. The lowest BCUT2D eigenvalue weighted by atomic mass is 9.97. The van der Waals surface area contributed by atoms with E-state index in [9.17, 15) is 0 Å². The quantitative estimate of drug-likeness (QED) is 0.881. The van der Waals surface area contributed by atoms with Crippen LogP contribution in [-0.2, 0) is 0 Å². The van der Waals surface area contributed by atoms with Crippen LogP contribution in [0.3, 0.4) is 0 Å². The van der Waals surface area contributed by atoms with Gasteiger partial charge in [-0.05, 0) is 43.7 Å². The number of piperidine rings is 1. The molecule has 0 radical (unpaired) electrons. The average Bonchev–Trinajstić information content (AvgIpc) is 3.08. The molecule has 1 N–H and O–H groups in total. The van der Waals surface area contributed by atoms with Gasteiger partial charge in [-0.1, -0.05) is 25.8 Å². The summed E-state index contributed by atoms with van der Waals surface area (Å²) in [7, 11) is 0. The van der Waals surface area contributed by atoms with Crippen molar-refractivity contribution in [2.75, 3.05) is 13.1 Å². The second-order valence-corrected chi connectivity index (χ2v) is 7.00. The van der Waals surface area contributed by atoms with Crippen molar-refractivity contribution in [2.45, 2.75) is 63.6 Å². The van der Waals surface area contributed by atoms with Crippen LogP contribution in [0.25, 0.3) is 0 Å². The highest BCUT2D eigenvalue weighted by atomic mass is 32.1. The Morgan fingerprint density at radius 3 is 3.11 bits per heavy atom. The van der Waals surface area contributed by atoms with Gasteiger partial charge in [0.2, 0.25) is 0 Å². The molecule has 3 heterocycles. The van der Waals surface area contributed by atoms with Crippen molar-refractivity contribution in [3.05, 3.63) is 22.4 Å². The van der Waals surface area contributed by atoms with Crippen LogP contribution in [0.15, 0.2) is 17.5 Å². The Balaban J connectivity index is 1.65. The number of fused-ring (bicyclic) bond motifs is 1. The van der Waals surface area contributed by atoms with Crippen LogP contribution in [-0.4, -0.2) is 30.1 Å². The number of hydrogen-bond donors (Lipinski definition) is 1. The van der Waals surface area contributed by atoms with Crippen LogP contribution >= 0.6 is 11.3 Å². The summed E-state index contributed by atoms with van der Waals surface area (Å²) >= 11 is 1.91. The molecule has 2 fully saturated rings. The fraction of sp³-hybridized carbons (Fsp3) is 0.750. The molecule has 3 heteroatoms. The van der Waals surface area contributed by atoms with E-state index in [0.717, 1.165) is 12.1 Å². The third-order valence-corrected chi connectivity index (χ3v) is 5.72. The first kappa shape index (κ1) is 13.6. The fourth-order valence-corrected chi connectivity index (χ4v) is 4.61. The molecule has 2 aliphatic heterocycles. The summed E-state index contributed by atoms with van der Waals surface area (Å²) in [5, 5.41) is 6.20. The lowest BCUT2D eigenvalue weighted by Crippen LogP contribution is -2.45. The van der Waals surface area contributed by atoms with Gasteiger partial charge in [0, 0.05) is 29.5 Å². The summed E-state index contributed by atoms with van der Waals surface area (Å²) < 4.78 is 0. The van der Waals surface area contributed by atoms with E-state index in [4.69, 9.17) is 0 Å². The highest BCUT2D eigenvalue weighted by Crippen LogP contribution is 2.31. The van der Waals surface area contributed by atoms with Crippen molar-refractivity contribution >= 4 is 11.3 Å². The van der Waals surface area contributed by atoms with Crippen LogP contribution in [0.5, 0.6) is 0 Å². The zero-order valence-electron chi connectivity index (χ0n) is 12.0. The predicted molar refractivity (Wildman–Crippen MR) is 82.7 cm³/mol. The van der Waals surface area contributed by atoms with Gasteiger partial charge in [0.05, 0.1) is 0 Å². The lowest BCUT2D eigenvalue weighted by molar-refractivity contribution is 0.176. The zero-order chi connectivity index (χ0) is 13.1. The molecule has 1 aromatic heterocycles. The van der Waals surface area contributed by atoms with Crippen molar-refractivity contribution in [3.8, 4) is 0 Å². The van der Waals surface area contributed by atoms with Gasteiger partial charge in [-0.25, -0.2) is 0 Å². The van der Waals surface area contributed by atoms with E-state index < -0.39 is 0 Å². The van der Waals surface area contributed by atoms with Gasteiger partial charge in [0.1, 0.15) is 0 Å². The van der Waals surface area contributed by atoms with Crippen molar-refractivity contribution in [1.29, 1.82) is 0 Å². The maximum Gasteiger partial charge on any atom is 0.0417 e. The Bertz CT molecular complexity index is 376. The van der Waals surface area contributed by atoms with Gasteiger partial charge >= 0.3 is 0 Å². The van der Waals surface area contributed by atoms with Gasteiger partial charge in [0.15, 0.2) is 0 Å². The third-order valence-electron chi connectivity index (χ3n) is 4.74. The minimum Gasteiger partial charge on any atom is -0.305 e. The number of rotatable bonds is 5. The molecule has 0 amide bonds. The Kier molecular flexibility index (Phi) is 4.57. The highest BCUT2D eigenvalue weighted by Gasteiger charge is 2.36. The van der Waals surface area contributed by atoms with E-state index in [1.807, 2.05) is 11.3 Å². The predicted octanol–water partition coefficient (Wildman–Crippen LogP) is 3.81. The standard InChI is InChI=1S/C16H26N2S/c1-2-6-14(16-8-5-12-19-16)17-13-9-11-18-10-4-3-7-15(13)18/h5,8,12-15,17H,2-4,6-7,9-11H2,1H3. The first-order chi connectivity index (χ1) is 9.38. The summed E-state index contributed by atoms with van der Waals surface area (Å²) in [6.45, 7) is 4.94. The van der Waals surface area contributed by atoms with Crippen LogP contribution in [0.1, 0.15) is 56.4 Å². The van der Waals surface area contributed by atoms with E-state index >= 15 is 0 Å². The molecular formula is C16H26N2S. The molecule has 106 valence electrons. The van der Waals surface area contributed by atoms with Gasteiger partial charge in [-0.2, -0.15) is 0 Å². The molecule has 2 nitrogen and oxygen atoms in total. The van der Waals surface area contributed by atoms with Gasteiger partial charge < -0.3 is 5.32 Å².